The van der Waals surface area contributed by atoms with Gasteiger partial charge in [-0.05, 0) is 80.7 Å². The normalized spacial score (nSPS) is 18.2. The van der Waals surface area contributed by atoms with Gasteiger partial charge < -0.3 is 15.0 Å². The molecule has 1 aliphatic heterocycles. The van der Waals surface area contributed by atoms with Crippen LogP contribution in [0.2, 0.25) is 0 Å². The topological polar surface area (TPSA) is 91.6 Å². The van der Waals surface area contributed by atoms with Gasteiger partial charge in [0.1, 0.15) is 0 Å². The largest absolute Gasteiger partial charge is 0.394 e. The van der Waals surface area contributed by atoms with Crippen molar-refractivity contribution in [1.82, 2.24) is 14.8 Å². The first-order valence-corrected chi connectivity index (χ1v) is 15.3. The molecule has 5 rings (SSSR count). The number of aliphatic hydroxyl groups excluding tert-OH is 1. The zero-order chi connectivity index (χ0) is 28.7. The highest BCUT2D eigenvalue weighted by molar-refractivity contribution is 7.91. The predicted molar refractivity (Wildman–Crippen MR) is 146 cm³/mol. The lowest BCUT2D eigenvalue weighted by molar-refractivity contribution is -0.185. The van der Waals surface area contributed by atoms with Crippen LogP contribution in [-0.4, -0.2) is 60.5 Å². The maximum Gasteiger partial charge on any atom is 0.391 e. The molecule has 1 amide bonds. The molecule has 2 aromatic carbocycles. The summed E-state index contributed by atoms with van der Waals surface area (Å²) in [6.45, 7) is 2.57. The van der Waals surface area contributed by atoms with E-state index in [2.05, 4.69) is 14.8 Å². The van der Waals surface area contributed by atoms with Crippen molar-refractivity contribution in [3.8, 4) is 0 Å². The van der Waals surface area contributed by atoms with Gasteiger partial charge in [0.15, 0.2) is 9.84 Å². The highest BCUT2D eigenvalue weighted by Crippen LogP contribution is 2.41. The number of aromatic nitrogens is 1. The summed E-state index contributed by atoms with van der Waals surface area (Å²) >= 11 is 0. The standard InChI is InChI=1S/C29H34F3N3O4S/c1-2-40(38,39)25-8-3-19(4-9-25)26(18-36)33-28(37)20-5-10-27-21(15-20)16-24(35(27)23-6-7-23)17-34-13-11-22(12-14-34)29(30,31)32/h3-5,8-10,15-16,22-23,26,36H,2,6-7,11-14,17-18H2,1H3,(H,33,37). The molecule has 2 aliphatic rings. The molecule has 0 radical (unpaired) electrons. The van der Waals surface area contributed by atoms with Gasteiger partial charge in [-0.25, -0.2) is 8.42 Å². The molecule has 1 aromatic heterocycles. The van der Waals surface area contributed by atoms with Crippen molar-refractivity contribution >= 4 is 26.6 Å². The summed E-state index contributed by atoms with van der Waals surface area (Å²) in [5.74, 6) is -1.62. The van der Waals surface area contributed by atoms with Crippen LogP contribution in [0.4, 0.5) is 13.2 Å². The predicted octanol–water partition coefficient (Wildman–Crippen LogP) is 5.01. The molecule has 1 atom stereocenters. The van der Waals surface area contributed by atoms with E-state index in [9.17, 15) is 31.5 Å². The summed E-state index contributed by atoms with van der Waals surface area (Å²) in [7, 11) is -3.36. The molecular weight excluding hydrogens is 543 g/mol. The second kappa shape index (κ2) is 11.2. The molecule has 1 unspecified atom stereocenters. The van der Waals surface area contributed by atoms with E-state index in [0.29, 0.717) is 36.8 Å². The van der Waals surface area contributed by atoms with Crippen molar-refractivity contribution in [2.75, 3.05) is 25.4 Å². The Labute approximate surface area is 231 Å². The Kier molecular flexibility index (Phi) is 8.00. The Bertz CT molecular complexity index is 1470. The first-order valence-electron chi connectivity index (χ1n) is 13.7. The number of alkyl halides is 3. The Morgan fingerprint density at radius 3 is 2.30 bits per heavy atom. The quantitative estimate of drug-likeness (QED) is 0.373. The van der Waals surface area contributed by atoms with Gasteiger partial charge in [0.25, 0.3) is 5.91 Å². The van der Waals surface area contributed by atoms with Crippen LogP contribution in [0.3, 0.4) is 0 Å². The van der Waals surface area contributed by atoms with Crippen molar-refractivity contribution < 1.29 is 31.5 Å². The number of benzene rings is 2. The number of nitrogens with one attached hydrogen (secondary N) is 1. The van der Waals surface area contributed by atoms with E-state index in [0.717, 1.165) is 29.4 Å². The first-order chi connectivity index (χ1) is 19.0. The number of nitrogens with zero attached hydrogens (tertiary/aromatic N) is 2. The van der Waals surface area contributed by atoms with E-state index in [1.807, 2.05) is 12.1 Å². The minimum Gasteiger partial charge on any atom is -0.394 e. The highest BCUT2D eigenvalue weighted by Gasteiger charge is 2.41. The monoisotopic (exact) mass is 577 g/mol. The third-order valence-electron chi connectivity index (χ3n) is 8.04. The van der Waals surface area contributed by atoms with E-state index in [4.69, 9.17) is 0 Å². The fourth-order valence-corrected chi connectivity index (χ4v) is 6.40. The first kappa shape index (κ1) is 28.6. The number of hydrogen-bond acceptors (Lipinski definition) is 5. The van der Waals surface area contributed by atoms with E-state index in [-0.39, 0.29) is 36.0 Å². The van der Waals surface area contributed by atoms with Gasteiger partial charge in [0.05, 0.1) is 29.2 Å². The van der Waals surface area contributed by atoms with E-state index in [1.54, 1.807) is 31.2 Å². The lowest BCUT2D eigenvalue weighted by atomic mass is 9.96. The van der Waals surface area contributed by atoms with Gasteiger partial charge in [0.2, 0.25) is 0 Å². The molecule has 2 N–H and O–H groups in total. The lowest BCUT2D eigenvalue weighted by Gasteiger charge is -2.33. The van der Waals surface area contributed by atoms with Crippen LogP contribution >= 0.6 is 0 Å². The van der Waals surface area contributed by atoms with Gasteiger partial charge in [-0.3, -0.25) is 9.69 Å². The summed E-state index contributed by atoms with van der Waals surface area (Å²) in [5, 5.41) is 13.7. The molecule has 11 heteroatoms. The number of aliphatic hydroxyl groups is 1. The Morgan fingerprint density at radius 1 is 1.05 bits per heavy atom. The molecule has 0 bridgehead atoms. The Balaban J connectivity index is 1.32. The average Bonchev–Trinajstić information content (AvgIpc) is 3.71. The van der Waals surface area contributed by atoms with Crippen LogP contribution < -0.4 is 5.32 Å². The van der Waals surface area contributed by atoms with Gasteiger partial charge >= 0.3 is 6.18 Å². The number of hydrogen-bond donors (Lipinski definition) is 2. The molecule has 40 heavy (non-hydrogen) atoms. The van der Waals surface area contributed by atoms with Crippen molar-refractivity contribution in [1.29, 1.82) is 0 Å². The van der Waals surface area contributed by atoms with E-state index >= 15 is 0 Å². The summed E-state index contributed by atoms with van der Waals surface area (Å²) in [5.41, 5.74) is 3.03. The summed E-state index contributed by atoms with van der Waals surface area (Å²) in [4.78, 5) is 15.4. The number of amides is 1. The van der Waals surface area contributed by atoms with Gasteiger partial charge in [-0.15, -0.1) is 0 Å². The fourth-order valence-electron chi connectivity index (χ4n) is 5.52. The number of carbonyl (C=O) groups excluding carboxylic acids is 1. The Hall–Kier alpha value is -2.89. The second-order valence-corrected chi connectivity index (χ2v) is 13.1. The molecule has 1 saturated heterocycles. The molecule has 1 aliphatic carbocycles. The van der Waals surface area contributed by atoms with Crippen molar-refractivity contribution in [3.05, 3.63) is 65.4 Å². The number of rotatable bonds is 9. The molecule has 2 heterocycles. The molecule has 2 fully saturated rings. The third-order valence-corrected chi connectivity index (χ3v) is 9.79. The maximum atomic E-state index is 13.1. The van der Waals surface area contributed by atoms with E-state index in [1.165, 1.54) is 12.1 Å². The van der Waals surface area contributed by atoms with Crippen LogP contribution in [0, 0.1) is 5.92 Å². The minimum atomic E-state index is -4.14. The number of likely N-dealkylation sites (tertiary alicyclic amines) is 1. The van der Waals surface area contributed by atoms with Gasteiger partial charge in [0, 0.05) is 34.7 Å². The number of sulfone groups is 1. The zero-order valence-electron chi connectivity index (χ0n) is 22.3. The van der Waals surface area contributed by atoms with Crippen LogP contribution in [-0.2, 0) is 16.4 Å². The lowest BCUT2D eigenvalue weighted by Crippen LogP contribution is -2.38. The van der Waals surface area contributed by atoms with Gasteiger partial charge in [-0.2, -0.15) is 13.2 Å². The summed E-state index contributed by atoms with van der Waals surface area (Å²) < 4.78 is 65.7. The number of piperidine rings is 1. The van der Waals surface area contributed by atoms with Crippen LogP contribution in [0.15, 0.2) is 53.4 Å². The summed E-state index contributed by atoms with van der Waals surface area (Å²) in [6.07, 6.45) is -1.82. The Morgan fingerprint density at radius 2 is 1.73 bits per heavy atom. The number of halogens is 3. The van der Waals surface area contributed by atoms with Crippen molar-refractivity contribution in [2.24, 2.45) is 5.92 Å². The fraction of sp³-hybridized carbons (Fsp3) is 0.483. The van der Waals surface area contributed by atoms with Crippen LogP contribution in [0.25, 0.3) is 10.9 Å². The van der Waals surface area contributed by atoms with Crippen LogP contribution in [0.1, 0.15) is 66.3 Å². The molecule has 7 nitrogen and oxygen atoms in total. The SMILES string of the molecule is CCS(=O)(=O)c1ccc(C(CO)NC(=O)c2ccc3c(c2)cc(CN2CCC(C(F)(F)F)CC2)n3C2CC2)cc1. The summed E-state index contributed by atoms with van der Waals surface area (Å²) in [6, 6.07) is 13.2. The number of fused-ring (bicyclic) bond motifs is 1. The van der Waals surface area contributed by atoms with E-state index < -0.39 is 28.0 Å². The van der Waals surface area contributed by atoms with Crippen molar-refractivity contribution in [2.45, 2.75) is 62.3 Å². The molecular formula is C29H34F3N3O4S. The van der Waals surface area contributed by atoms with Crippen LogP contribution in [0.5, 0.6) is 0 Å². The number of carbonyl (C=O) groups is 1. The molecule has 216 valence electrons. The highest BCUT2D eigenvalue weighted by atomic mass is 32.2. The molecule has 3 aromatic rings. The van der Waals surface area contributed by atoms with Gasteiger partial charge in [-0.1, -0.05) is 19.1 Å². The van der Waals surface area contributed by atoms with Crippen molar-refractivity contribution in [3.63, 3.8) is 0 Å². The average molecular weight is 578 g/mol. The third kappa shape index (κ3) is 6.06. The smallest absolute Gasteiger partial charge is 0.391 e. The maximum absolute atomic E-state index is 13.1. The molecule has 0 spiro atoms. The molecule has 1 saturated carbocycles. The zero-order valence-corrected chi connectivity index (χ0v) is 23.1. The second-order valence-electron chi connectivity index (χ2n) is 10.8. The minimum absolute atomic E-state index is 0.0181.